The van der Waals surface area contributed by atoms with E-state index in [1.165, 1.54) is 7.11 Å². The SMILES string of the molecule is COC(=O)[C@@H](NC(=O)c1ccccc1Cl)C(C)C.Cl. The van der Waals surface area contributed by atoms with E-state index in [4.69, 9.17) is 11.6 Å². The van der Waals surface area contributed by atoms with Crippen molar-refractivity contribution in [1.29, 1.82) is 0 Å². The molecular formula is C13H17Cl2NO3. The summed E-state index contributed by atoms with van der Waals surface area (Å²) in [5.41, 5.74) is 0.341. The van der Waals surface area contributed by atoms with E-state index in [9.17, 15) is 9.59 Å². The Balaban J connectivity index is 0.00000324. The van der Waals surface area contributed by atoms with Gasteiger partial charge in [0, 0.05) is 0 Å². The zero-order valence-electron chi connectivity index (χ0n) is 11.0. The molecule has 0 heterocycles. The van der Waals surface area contributed by atoms with E-state index in [-0.39, 0.29) is 24.2 Å². The van der Waals surface area contributed by atoms with Crippen molar-refractivity contribution in [2.24, 2.45) is 5.92 Å². The Bertz CT molecular complexity index is 449. The topological polar surface area (TPSA) is 55.4 Å². The highest BCUT2D eigenvalue weighted by molar-refractivity contribution is 6.33. The van der Waals surface area contributed by atoms with E-state index in [1.807, 2.05) is 13.8 Å². The number of ether oxygens (including phenoxy) is 1. The summed E-state index contributed by atoms with van der Waals surface area (Å²) in [5, 5.41) is 2.98. The third-order valence-corrected chi connectivity index (χ3v) is 2.86. The van der Waals surface area contributed by atoms with Crippen LogP contribution in [0.5, 0.6) is 0 Å². The first-order valence-corrected chi connectivity index (χ1v) is 5.98. The number of hydrogen-bond donors (Lipinski definition) is 1. The third-order valence-electron chi connectivity index (χ3n) is 2.53. The quantitative estimate of drug-likeness (QED) is 0.870. The number of rotatable bonds is 4. The lowest BCUT2D eigenvalue weighted by molar-refractivity contribution is -0.144. The molecule has 0 aliphatic heterocycles. The molecule has 0 unspecified atom stereocenters. The molecule has 0 saturated carbocycles. The van der Waals surface area contributed by atoms with Gasteiger partial charge in [-0.2, -0.15) is 0 Å². The van der Waals surface area contributed by atoms with Gasteiger partial charge in [0.2, 0.25) is 0 Å². The van der Waals surface area contributed by atoms with Crippen molar-refractivity contribution in [2.45, 2.75) is 19.9 Å². The first kappa shape index (κ1) is 17.7. The van der Waals surface area contributed by atoms with Gasteiger partial charge in [0.05, 0.1) is 17.7 Å². The maximum Gasteiger partial charge on any atom is 0.328 e. The number of carbonyl (C=O) groups is 2. The molecule has 1 N–H and O–H groups in total. The van der Waals surface area contributed by atoms with E-state index in [0.717, 1.165) is 0 Å². The molecular weight excluding hydrogens is 289 g/mol. The molecule has 4 nitrogen and oxygen atoms in total. The summed E-state index contributed by atoms with van der Waals surface area (Å²) in [6.07, 6.45) is 0. The smallest absolute Gasteiger partial charge is 0.328 e. The number of amides is 1. The van der Waals surface area contributed by atoms with E-state index in [2.05, 4.69) is 10.1 Å². The van der Waals surface area contributed by atoms with Crippen LogP contribution < -0.4 is 5.32 Å². The van der Waals surface area contributed by atoms with Gasteiger partial charge in [0.1, 0.15) is 6.04 Å². The molecule has 0 radical (unpaired) electrons. The number of methoxy groups -OCH3 is 1. The van der Waals surface area contributed by atoms with Crippen LogP contribution in [0, 0.1) is 5.92 Å². The Morgan fingerprint density at radius 2 is 1.84 bits per heavy atom. The molecule has 1 aromatic carbocycles. The molecule has 0 bridgehead atoms. The Morgan fingerprint density at radius 1 is 1.26 bits per heavy atom. The van der Waals surface area contributed by atoms with Crippen LogP contribution in [-0.4, -0.2) is 25.0 Å². The summed E-state index contributed by atoms with van der Waals surface area (Å²) >= 11 is 5.92. The fourth-order valence-corrected chi connectivity index (χ4v) is 1.71. The number of benzene rings is 1. The standard InChI is InChI=1S/C13H16ClNO3.ClH/c1-8(2)11(13(17)18-3)15-12(16)9-6-4-5-7-10(9)14;/h4-8,11H,1-3H3,(H,15,16);1H/t11-;/m0./s1. The van der Waals surface area contributed by atoms with Crippen LogP contribution in [0.15, 0.2) is 24.3 Å². The summed E-state index contributed by atoms with van der Waals surface area (Å²) in [4.78, 5) is 23.5. The molecule has 6 heteroatoms. The summed E-state index contributed by atoms with van der Waals surface area (Å²) in [6, 6.07) is 5.99. The van der Waals surface area contributed by atoms with Gasteiger partial charge in [-0.1, -0.05) is 37.6 Å². The van der Waals surface area contributed by atoms with Gasteiger partial charge in [-0.05, 0) is 18.1 Å². The Kier molecular flexibility index (Phi) is 7.49. The molecule has 0 fully saturated rings. The summed E-state index contributed by atoms with van der Waals surface area (Å²) in [6.45, 7) is 3.66. The fourth-order valence-electron chi connectivity index (χ4n) is 1.49. The average molecular weight is 306 g/mol. The Hall–Kier alpha value is -1.26. The van der Waals surface area contributed by atoms with E-state index in [0.29, 0.717) is 10.6 Å². The fraction of sp³-hybridized carbons (Fsp3) is 0.385. The summed E-state index contributed by atoms with van der Waals surface area (Å²) in [7, 11) is 1.29. The molecule has 0 aliphatic rings. The molecule has 1 aromatic rings. The highest BCUT2D eigenvalue weighted by Gasteiger charge is 2.25. The number of halogens is 2. The minimum Gasteiger partial charge on any atom is -0.467 e. The summed E-state index contributed by atoms with van der Waals surface area (Å²) in [5.74, 6) is -0.918. The lowest BCUT2D eigenvalue weighted by Gasteiger charge is -2.20. The predicted octanol–water partition coefficient (Wildman–Crippen LogP) is 2.69. The number of nitrogens with one attached hydrogen (secondary N) is 1. The minimum absolute atomic E-state index is 0. The normalized spacial score (nSPS) is 11.4. The second kappa shape index (κ2) is 8.02. The van der Waals surface area contributed by atoms with Gasteiger partial charge in [-0.3, -0.25) is 4.79 Å². The molecule has 0 saturated heterocycles. The van der Waals surface area contributed by atoms with Crippen molar-refractivity contribution in [3.05, 3.63) is 34.9 Å². The number of carbonyl (C=O) groups excluding carboxylic acids is 2. The molecule has 1 atom stereocenters. The van der Waals surface area contributed by atoms with Gasteiger partial charge in [0.15, 0.2) is 0 Å². The van der Waals surface area contributed by atoms with Gasteiger partial charge in [-0.25, -0.2) is 4.79 Å². The number of hydrogen-bond acceptors (Lipinski definition) is 3. The van der Waals surface area contributed by atoms with Crippen LogP contribution in [0.4, 0.5) is 0 Å². The van der Waals surface area contributed by atoms with Gasteiger partial charge >= 0.3 is 5.97 Å². The minimum atomic E-state index is -0.682. The number of esters is 1. The van der Waals surface area contributed by atoms with Gasteiger partial charge in [-0.15, -0.1) is 12.4 Å². The van der Waals surface area contributed by atoms with Crippen molar-refractivity contribution < 1.29 is 14.3 Å². The van der Waals surface area contributed by atoms with Crippen LogP contribution in [-0.2, 0) is 9.53 Å². The molecule has 1 amide bonds. The molecule has 0 aromatic heterocycles. The monoisotopic (exact) mass is 305 g/mol. The summed E-state index contributed by atoms with van der Waals surface area (Å²) < 4.78 is 4.65. The molecule has 19 heavy (non-hydrogen) atoms. The van der Waals surface area contributed by atoms with Crippen LogP contribution >= 0.6 is 24.0 Å². The zero-order valence-corrected chi connectivity index (χ0v) is 12.5. The van der Waals surface area contributed by atoms with Crippen LogP contribution in [0.2, 0.25) is 5.02 Å². The Morgan fingerprint density at radius 3 is 2.32 bits per heavy atom. The van der Waals surface area contributed by atoms with Crippen molar-refractivity contribution in [3.63, 3.8) is 0 Å². The van der Waals surface area contributed by atoms with E-state index in [1.54, 1.807) is 24.3 Å². The van der Waals surface area contributed by atoms with Crippen molar-refractivity contribution in [3.8, 4) is 0 Å². The largest absolute Gasteiger partial charge is 0.467 e. The van der Waals surface area contributed by atoms with Gasteiger partial charge in [0.25, 0.3) is 5.91 Å². The second-order valence-electron chi connectivity index (χ2n) is 4.20. The van der Waals surface area contributed by atoms with Crippen LogP contribution in [0.25, 0.3) is 0 Å². The molecule has 0 spiro atoms. The predicted molar refractivity (Wildman–Crippen MR) is 76.8 cm³/mol. The molecule has 0 aliphatic carbocycles. The van der Waals surface area contributed by atoms with Crippen molar-refractivity contribution >= 4 is 35.9 Å². The highest BCUT2D eigenvalue weighted by atomic mass is 35.5. The molecule has 1 rings (SSSR count). The lowest BCUT2D eigenvalue weighted by atomic mass is 10.0. The average Bonchev–Trinajstić information content (AvgIpc) is 2.35. The van der Waals surface area contributed by atoms with Gasteiger partial charge < -0.3 is 10.1 Å². The first-order chi connectivity index (χ1) is 8.47. The third kappa shape index (κ3) is 4.73. The second-order valence-corrected chi connectivity index (χ2v) is 4.61. The van der Waals surface area contributed by atoms with E-state index < -0.39 is 12.0 Å². The van der Waals surface area contributed by atoms with Crippen molar-refractivity contribution in [1.82, 2.24) is 5.32 Å². The van der Waals surface area contributed by atoms with Crippen LogP contribution in [0.1, 0.15) is 24.2 Å². The molecule has 106 valence electrons. The Labute approximate surface area is 123 Å². The van der Waals surface area contributed by atoms with E-state index >= 15 is 0 Å². The maximum absolute atomic E-state index is 12.0. The zero-order chi connectivity index (χ0) is 13.7. The van der Waals surface area contributed by atoms with Crippen LogP contribution in [0.3, 0.4) is 0 Å². The van der Waals surface area contributed by atoms with Crippen molar-refractivity contribution in [2.75, 3.05) is 7.11 Å². The first-order valence-electron chi connectivity index (χ1n) is 5.60. The lowest BCUT2D eigenvalue weighted by Crippen LogP contribution is -2.45. The highest BCUT2D eigenvalue weighted by Crippen LogP contribution is 2.15. The maximum atomic E-state index is 12.0.